The van der Waals surface area contributed by atoms with Crippen LogP contribution in [0.3, 0.4) is 0 Å². The third-order valence-corrected chi connectivity index (χ3v) is 3.24. The van der Waals surface area contributed by atoms with Crippen LogP contribution in [-0.2, 0) is 16.1 Å². The van der Waals surface area contributed by atoms with Crippen molar-refractivity contribution in [2.24, 2.45) is 0 Å². The van der Waals surface area contributed by atoms with E-state index in [9.17, 15) is 19.7 Å². The van der Waals surface area contributed by atoms with E-state index in [0.717, 1.165) is 4.90 Å². The van der Waals surface area contributed by atoms with Crippen LogP contribution in [-0.4, -0.2) is 41.0 Å². The van der Waals surface area contributed by atoms with Crippen LogP contribution in [0.5, 0.6) is 0 Å². The molecule has 8 heteroatoms. The Bertz CT molecular complexity index is 603. The first-order chi connectivity index (χ1) is 9.87. The van der Waals surface area contributed by atoms with Gasteiger partial charge in [0.25, 0.3) is 11.6 Å². The summed E-state index contributed by atoms with van der Waals surface area (Å²) >= 11 is 0. The van der Waals surface area contributed by atoms with E-state index >= 15 is 0 Å². The second-order valence-corrected chi connectivity index (χ2v) is 5.01. The molecule has 0 saturated carbocycles. The number of amides is 3. The number of urea groups is 1. The predicted octanol–water partition coefficient (Wildman–Crippen LogP) is 1.05. The van der Waals surface area contributed by atoms with E-state index in [1.807, 2.05) is 0 Å². The van der Waals surface area contributed by atoms with Gasteiger partial charge < -0.3 is 10.1 Å². The molecule has 2 rings (SSSR count). The molecular weight excluding hydrogens is 278 g/mol. The van der Waals surface area contributed by atoms with Gasteiger partial charge in [0.15, 0.2) is 0 Å². The Labute approximate surface area is 120 Å². The summed E-state index contributed by atoms with van der Waals surface area (Å²) in [5.41, 5.74) is -0.680. The fourth-order valence-electron chi connectivity index (χ4n) is 2.23. The molecule has 1 aliphatic rings. The summed E-state index contributed by atoms with van der Waals surface area (Å²) in [7, 11) is 1.44. The van der Waals surface area contributed by atoms with E-state index in [1.165, 1.54) is 25.3 Å². The van der Waals surface area contributed by atoms with Gasteiger partial charge in [-0.3, -0.25) is 19.8 Å². The lowest BCUT2D eigenvalue weighted by Gasteiger charge is -2.20. The molecule has 21 heavy (non-hydrogen) atoms. The Morgan fingerprint density at radius 2 is 2.14 bits per heavy atom. The molecule has 1 fully saturated rings. The van der Waals surface area contributed by atoms with E-state index in [2.05, 4.69) is 5.32 Å². The Morgan fingerprint density at radius 3 is 2.76 bits per heavy atom. The number of nitro benzene ring substituents is 1. The summed E-state index contributed by atoms with van der Waals surface area (Å²) in [5.74, 6) is -0.416. The molecule has 1 aliphatic heterocycles. The standard InChI is InChI=1S/C13H15N3O5/c1-13(8-21-2)11(17)15(12(18)14-13)7-9-4-3-5-10(6-9)16(19)20/h3-6H,7-8H2,1-2H3,(H,14,18). The first-order valence-corrected chi connectivity index (χ1v) is 6.24. The fraction of sp³-hybridized carbons (Fsp3) is 0.385. The minimum Gasteiger partial charge on any atom is -0.382 e. The highest BCUT2D eigenvalue weighted by Gasteiger charge is 2.47. The van der Waals surface area contributed by atoms with Crippen LogP contribution in [0.15, 0.2) is 24.3 Å². The van der Waals surface area contributed by atoms with Crippen molar-refractivity contribution in [2.45, 2.75) is 19.0 Å². The van der Waals surface area contributed by atoms with E-state index in [0.29, 0.717) is 5.56 Å². The minimum atomic E-state index is -1.10. The number of nitrogens with zero attached hydrogens (tertiary/aromatic N) is 2. The Hall–Kier alpha value is -2.48. The highest BCUT2D eigenvalue weighted by atomic mass is 16.6. The topological polar surface area (TPSA) is 102 Å². The number of imide groups is 1. The molecule has 1 atom stereocenters. The summed E-state index contributed by atoms with van der Waals surface area (Å²) in [5, 5.41) is 13.3. The quantitative estimate of drug-likeness (QED) is 0.496. The van der Waals surface area contributed by atoms with Gasteiger partial charge in [0.1, 0.15) is 5.54 Å². The molecule has 1 N–H and O–H groups in total. The number of methoxy groups -OCH3 is 1. The average Bonchev–Trinajstić information content (AvgIpc) is 2.63. The van der Waals surface area contributed by atoms with Gasteiger partial charge in [0, 0.05) is 19.2 Å². The van der Waals surface area contributed by atoms with Crippen LogP contribution in [0.2, 0.25) is 0 Å². The lowest BCUT2D eigenvalue weighted by Crippen LogP contribution is -2.47. The smallest absolute Gasteiger partial charge is 0.325 e. The maximum Gasteiger partial charge on any atom is 0.325 e. The highest BCUT2D eigenvalue weighted by Crippen LogP contribution is 2.21. The van der Waals surface area contributed by atoms with Crippen molar-refractivity contribution in [3.8, 4) is 0 Å². The number of nitrogens with one attached hydrogen (secondary N) is 1. The largest absolute Gasteiger partial charge is 0.382 e. The van der Waals surface area contributed by atoms with Crippen molar-refractivity contribution in [2.75, 3.05) is 13.7 Å². The number of ether oxygens (including phenoxy) is 1. The van der Waals surface area contributed by atoms with Crippen LogP contribution in [0, 0.1) is 10.1 Å². The lowest BCUT2D eigenvalue weighted by molar-refractivity contribution is -0.384. The second-order valence-electron chi connectivity index (χ2n) is 5.01. The van der Waals surface area contributed by atoms with Crippen LogP contribution >= 0.6 is 0 Å². The van der Waals surface area contributed by atoms with Crippen LogP contribution in [0.4, 0.5) is 10.5 Å². The molecule has 1 saturated heterocycles. The van der Waals surface area contributed by atoms with Gasteiger partial charge in [-0.2, -0.15) is 0 Å². The molecule has 1 aromatic carbocycles. The molecule has 3 amide bonds. The SMILES string of the molecule is COCC1(C)NC(=O)N(Cc2cccc([N+](=O)[O-])c2)C1=O. The molecular formula is C13H15N3O5. The average molecular weight is 293 g/mol. The maximum absolute atomic E-state index is 12.3. The van der Waals surface area contributed by atoms with E-state index in [-0.39, 0.29) is 18.8 Å². The molecule has 8 nitrogen and oxygen atoms in total. The van der Waals surface area contributed by atoms with Gasteiger partial charge in [0.2, 0.25) is 0 Å². The molecule has 0 spiro atoms. The molecule has 1 aromatic rings. The summed E-state index contributed by atoms with van der Waals surface area (Å²) in [6.45, 7) is 1.61. The van der Waals surface area contributed by atoms with E-state index in [1.54, 1.807) is 13.0 Å². The van der Waals surface area contributed by atoms with E-state index < -0.39 is 22.4 Å². The summed E-state index contributed by atoms with van der Waals surface area (Å²) in [6.07, 6.45) is 0. The van der Waals surface area contributed by atoms with Crippen LogP contribution in [0.1, 0.15) is 12.5 Å². The number of benzene rings is 1. The third kappa shape index (κ3) is 2.84. The minimum absolute atomic E-state index is 0.0222. The molecule has 0 radical (unpaired) electrons. The zero-order valence-corrected chi connectivity index (χ0v) is 11.7. The summed E-state index contributed by atoms with van der Waals surface area (Å²) < 4.78 is 4.95. The number of carbonyl (C=O) groups excluding carboxylic acids is 2. The van der Waals surface area contributed by atoms with Gasteiger partial charge >= 0.3 is 6.03 Å². The number of carbonyl (C=O) groups is 2. The maximum atomic E-state index is 12.3. The van der Waals surface area contributed by atoms with Crippen molar-refractivity contribution in [1.82, 2.24) is 10.2 Å². The molecule has 0 aliphatic carbocycles. The Kier molecular flexibility index (Phi) is 3.90. The number of rotatable bonds is 5. The fourth-order valence-corrected chi connectivity index (χ4v) is 2.23. The molecule has 0 bridgehead atoms. The molecule has 0 aromatic heterocycles. The molecule has 1 heterocycles. The zero-order valence-electron chi connectivity index (χ0n) is 11.7. The molecule has 112 valence electrons. The van der Waals surface area contributed by atoms with Gasteiger partial charge in [-0.1, -0.05) is 12.1 Å². The van der Waals surface area contributed by atoms with Crippen LogP contribution in [0.25, 0.3) is 0 Å². The third-order valence-electron chi connectivity index (χ3n) is 3.24. The van der Waals surface area contributed by atoms with Crippen LogP contribution < -0.4 is 5.32 Å². The Balaban J connectivity index is 2.20. The second kappa shape index (κ2) is 5.49. The van der Waals surface area contributed by atoms with Crippen molar-refractivity contribution >= 4 is 17.6 Å². The first-order valence-electron chi connectivity index (χ1n) is 6.24. The first kappa shape index (κ1) is 14.9. The summed E-state index contributed by atoms with van der Waals surface area (Å²) in [6, 6.07) is 5.29. The number of hydrogen-bond donors (Lipinski definition) is 1. The monoisotopic (exact) mass is 293 g/mol. The predicted molar refractivity (Wildman–Crippen MR) is 72.5 cm³/mol. The van der Waals surface area contributed by atoms with E-state index in [4.69, 9.17) is 4.74 Å². The molecule has 1 unspecified atom stereocenters. The lowest BCUT2D eigenvalue weighted by atomic mass is 10.0. The number of nitro groups is 1. The number of hydrogen-bond acceptors (Lipinski definition) is 5. The highest BCUT2D eigenvalue weighted by molar-refractivity contribution is 6.06. The van der Waals surface area contributed by atoms with Gasteiger partial charge in [0.05, 0.1) is 18.1 Å². The van der Waals surface area contributed by atoms with Crippen molar-refractivity contribution < 1.29 is 19.2 Å². The van der Waals surface area contributed by atoms with Crippen molar-refractivity contribution in [1.29, 1.82) is 0 Å². The van der Waals surface area contributed by atoms with Gasteiger partial charge in [-0.15, -0.1) is 0 Å². The van der Waals surface area contributed by atoms with Crippen molar-refractivity contribution in [3.63, 3.8) is 0 Å². The normalized spacial score (nSPS) is 21.5. The summed E-state index contributed by atoms with van der Waals surface area (Å²) in [4.78, 5) is 35.4. The van der Waals surface area contributed by atoms with Crippen molar-refractivity contribution in [3.05, 3.63) is 39.9 Å². The number of non-ortho nitro benzene ring substituents is 1. The van der Waals surface area contributed by atoms with Gasteiger partial charge in [-0.05, 0) is 12.5 Å². The zero-order chi connectivity index (χ0) is 15.6. The van der Waals surface area contributed by atoms with Gasteiger partial charge in [-0.25, -0.2) is 4.79 Å². The Morgan fingerprint density at radius 1 is 1.43 bits per heavy atom.